The maximum atomic E-state index is 4.69. The zero-order valence-electron chi connectivity index (χ0n) is 10.9. The maximum Gasteiger partial charge on any atom is 0.188 e. The molecular formula is C16H12N2S2. The van der Waals surface area contributed by atoms with Crippen molar-refractivity contribution in [2.24, 2.45) is 0 Å². The molecule has 20 heavy (non-hydrogen) atoms. The first kappa shape index (κ1) is 11.9. The lowest BCUT2D eigenvalue weighted by atomic mass is 10.2. The van der Waals surface area contributed by atoms with Gasteiger partial charge < -0.3 is 5.32 Å². The highest BCUT2D eigenvalue weighted by atomic mass is 32.1. The SMILES string of the molecule is Cc1cccc2sc(Nc3ccc4sccc4c3)nc12. The van der Waals surface area contributed by atoms with Gasteiger partial charge in [-0.1, -0.05) is 23.5 Å². The number of hydrogen-bond donors (Lipinski definition) is 1. The van der Waals surface area contributed by atoms with Crippen molar-refractivity contribution < 1.29 is 0 Å². The van der Waals surface area contributed by atoms with Gasteiger partial charge in [0.1, 0.15) is 0 Å². The minimum atomic E-state index is 0.948. The summed E-state index contributed by atoms with van der Waals surface area (Å²) in [6.07, 6.45) is 0. The molecule has 2 heterocycles. The Bertz CT molecular complexity index is 905. The van der Waals surface area contributed by atoms with E-state index in [1.54, 1.807) is 22.7 Å². The minimum absolute atomic E-state index is 0.948. The summed E-state index contributed by atoms with van der Waals surface area (Å²) in [5.41, 5.74) is 3.41. The second-order valence-electron chi connectivity index (χ2n) is 4.74. The smallest absolute Gasteiger partial charge is 0.188 e. The Hall–Kier alpha value is -1.91. The summed E-state index contributed by atoms with van der Waals surface area (Å²) in [7, 11) is 0. The molecule has 0 unspecified atom stereocenters. The number of nitrogens with zero attached hydrogens (tertiary/aromatic N) is 1. The molecule has 98 valence electrons. The van der Waals surface area contributed by atoms with Crippen LogP contribution < -0.4 is 5.32 Å². The topological polar surface area (TPSA) is 24.9 Å². The zero-order valence-corrected chi connectivity index (χ0v) is 12.5. The van der Waals surface area contributed by atoms with Crippen LogP contribution in [-0.2, 0) is 0 Å². The molecule has 4 rings (SSSR count). The van der Waals surface area contributed by atoms with Gasteiger partial charge in [-0.3, -0.25) is 0 Å². The van der Waals surface area contributed by atoms with Crippen molar-refractivity contribution in [1.82, 2.24) is 4.98 Å². The number of anilines is 2. The molecule has 0 amide bonds. The highest BCUT2D eigenvalue weighted by molar-refractivity contribution is 7.22. The van der Waals surface area contributed by atoms with Gasteiger partial charge in [0.05, 0.1) is 10.2 Å². The number of rotatable bonds is 2. The molecule has 0 fully saturated rings. The van der Waals surface area contributed by atoms with Gasteiger partial charge >= 0.3 is 0 Å². The number of para-hydroxylation sites is 1. The third kappa shape index (κ3) is 1.97. The summed E-state index contributed by atoms with van der Waals surface area (Å²) >= 11 is 3.46. The van der Waals surface area contributed by atoms with E-state index in [9.17, 15) is 0 Å². The summed E-state index contributed by atoms with van der Waals surface area (Å²) in [6, 6.07) is 14.9. The Labute approximate surface area is 124 Å². The van der Waals surface area contributed by atoms with Crippen LogP contribution in [0.3, 0.4) is 0 Å². The first-order valence-electron chi connectivity index (χ1n) is 6.40. The minimum Gasteiger partial charge on any atom is -0.332 e. The second kappa shape index (κ2) is 4.58. The molecule has 4 aromatic rings. The Balaban J connectivity index is 1.74. The first-order valence-corrected chi connectivity index (χ1v) is 8.10. The molecule has 0 aliphatic rings. The van der Waals surface area contributed by atoms with Crippen molar-refractivity contribution in [2.45, 2.75) is 6.92 Å². The Kier molecular flexibility index (Phi) is 2.72. The van der Waals surface area contributed by atoms with Crippen molar-refractivity contribution >= 4 is 53.8 Å². The van der Waals surface area contributed by atoms with Crippen LogP contribution >= 0.6 is 22.7 Å². The predicted octanol–water partition coefficient (Wildman–Crippen LogP) is 5.56. The average Bonchev–Trinajstić information content (AvgIpc) is 3.05. The molecule has 2 aromatic heterocycles. The van der Waals surface area contributed by atoms with Crippen LogP contribution in [-0.4, -0.2) is 4.98 Å². The third-order valence-electron chi connectivity index (χ3n) is 3.32. The van der Waals surface area contributed by atoms with Crippen molar-refractivity contribution in [1.29, 1.82) is 0 Å². The van der Waals surface area contributed by atoms with Crippen molar-refractivity contribution in [2.75, 3.05) is 5.32 Å². The average molecular weight is 296 g/mol. The highest BCUT2D eigenvalue weighted by Crippen LogP contribution is 2.31. The lowest BCUT2D eigenvalue weighted by molar-refractivity contribution is 1.40. The molecule has 0 aliphatic heterocycles. The number of thiophene rings is 1. The van der Waals surface area contributed by atoms with Crippen molar-refractivity contribution in [3.63, 3.8) is 0 Å². The van der Waals surface area contributed by atoms with Crippen molar-refractivity contribution in [3.8, 4) is 0 Å². The van der Waals surface area contributed by atoms with E-state index in [1.807, 2.05) is 0 Å². The fourth-order valence-electron chi connectivity index (χ4n) is 2.31. The van der Waals surface area contributed by atoms with Gasteiger partial charge in [0.25, 0.3) is 0 Å². The number of aryl methyl sites for hydroxylation is 1. The quantitative estimate of drug-likeness (QED) is 0.523. The zero-order chi connectivity index (χ0) is 13.5. The molecule has 1 N–H and O–H groups in total. The second-order valence-corrected chi connectivity index (χ2v) is 6.72. The Morgan fingerprint density at radius 3 is 2.90 bits per heavy atom. The standard InChI is InChI=1S/C16H12N2S2/c1-10-3-2-4-14-15(10)18-16(20-14)17-12-5-6-13-11(9-12)7-8-19-13/h2-9H,1H3,(H,17,18). The van der Waals surface area contributed by atoms with Crippen LogP contribution in [0.5, 0.6) is 0 Å². The van der Waals surface area contributed by atoms with Gasteiger partial charge in [0, 0.05) is 10.4 Å². The first-order chi connectivity index (χ1) is 9.79. The largest absolute Gasteiger partial charge is 0.332 e. The number of thiazole rings is 1. The number of fused-ring (bicyclic) bond motifs is 2. The van der Waals surface area contributed by atoms with Crippen LogP contribution in [0, 0.1) is 6.92 Å². The summed E-state index contributed by atoms with van der Waals surface area (Å²) in [4.78, 5) is 4.69. The lowest BCUT2D eigenvalue weighted by Crippen LogP contribution is -1.88. The lowest BCUT2D eigenvalue weighted by Gasteiger charge is -2.02. The van der Waals surface area contributed by atoms with Crippen LogP contribution in [0.1, 0.15) is 5.56 Å². The van der Waals surface area contributed by atoms with Gasteiger partial charge in [-0.2, -0.15) is 0 Å². The molecule has 4 heteroatoms. The summed E-state index contributed by atoms with van der Waals surface area (Å²) in [5, 5.41) is 7.76. The Morgan fingerprint density at radius 2 is 2.00 bits per heavy atom. The van der Waals surface area contributed by atoms with Crippen LogP contribution in [0.25, 0.3) is 20.3 Å². The molecule has 0 bridgehead atoms. The summed E-state index contributed by atoms with van der Waals surface area (Å²) in [5.74, 6) is 0. The van der Waals surface area contributed by atoms with Gasteiger partial charge in [-0.25, -0.2) is 4.98 Å². The van der Waals surface area contributed by atoms with Gasteiger partial charge in [-0.05, 0) is 53.6 Å². The molecule has 0 saturated carbocycles. The predicted molar refractivity (Wildman–Crippen MR) is 89.5 cm³/mol. The van der Waals surface area contributed by atoms with E-state index in [0.717, 1.165) is 16.3 Å². The van der Waals surface area contributed by atoms with Gasteiger partial charge in [-0.15, -0.1) is 11.3 Å². The normalized spacial score (nSPS) is 11.2. The monoisotopic (exact) mass is 296 g/mol. The van der Waals surface area contributed by atoms with Gasteiger partial charge in [0.2, 0.25) is 0 Å². The van der Waals surface area contributed by atoms with E-state index >= 15 is 0 Å². The number of nitrogens with one attached hydrogen (secondary N) is 1. The maximum absolute atomic E-state index is 4.69. The molecule has 0 atom stereocenters. The van der Waals surface area contributed by atoms with Crippen LogP contribution in [0.2, 0.25) is 0 Å². The molecule has 2 nitrogen and oxygen atoms in total. The highest BCUT2D eigenvalue weighted by Gasteiger charge is 2.06. The molecule has 0 saturated heterocycles. The molecule has 2 aromatic carbocycles. The van der Waals surface area contributed by atoms with E-state index in [0.29, 0.717) is 0 Å². The van der Waals surface area contributed by atoms with Crippen LogP contribution in [0.15, 0.2) is 47.8 Å². The van der Waals surface area contributed by atoms with E-state index in [-0.39, 0.29) is 0 Å². The van der Waals surface area contributed by atoms with E-state index in [2.05, 4.69) is 65.1 Å². The van der Waals surface area contributed by atoms with Crippen molar-refractivity contribution in [3.05, 3.63) is 53.4 Å². The molecule has 0 radical (unpaired) electrons. The number of benzene rings is 2. The van der Waals surface area contributed by atoms with E-state index in [1.165, 1.54) is 20.3 Å². The summed E-state index contributed by atoms with van der Waals surface area (Å²) in [6.45, 7) is 2.10. The number of hydrogen-bond acceptors (Lipinski definition) is 4. The number of aromatic nitrogens is 1. The Morgan fingerprint density at radius 1 is 1.05 bits per heavy atom. The molecule has 0 aliphatic carbocycles. The van der Waals surface area contributed by atoms with Gasteiger partial charge in [0.15, 0.2) is 5.13 Å². The third-order valence-corrected chi connectivity index (χ3v) is 5.16. The molecular weight excluding hydrogens is 284 g/mol. The fourth-order valence-corrected chi connectivity index (χ4v) is 4.04. The van der Waals surface area contributed by atoms with Crippen LogP contribution in [0.4, 0.5) is 10.8 Å². The van der Waals surface area contributed by atoms with E-state index in [4.69, 9.17) is 0 Å². The fraction of sp³-hybridized carbons (Fsp3) is 0.0625. The van der Waals surface area contributed by atoms with E-state index < -0.39 is 0 Å². The molecule has 0 spiro atoms. The summed E-state index contributed by atoms with van der Waals surface area (Å²) < 4.78 is 2.54.